The molecular formula is C19H29N3O6. The van der Waals surface area contributed by atoms with Crippen molar-refractivity contribution in [2.75, 3.05) is 11.9 Å². The van der Waals surface area contributed by atoms with Gasteiger partial charge in [-0.1, -0.05) is 20.8 Å². The first kappa shape index (κ1) is 22.0. The van der Waals surface area contributed by atoms with Gasteiger partial charge in [-0.05, 0) is 26.8 Å². The molecular weight excluding hydrogens is 366 g/mol. The minimum absolute atomic E-state index is 0.102. The molecule has 1 saturated heterocycles. The Morgan fingerprint density at radius 2 is 1.93 bits per heavy atom. The highest BCUT2D eigenvalue weighted by Crippen LogP contribution is 2.28. The van der Waals surface area contributed by atoms with E-state index in [2.05, 4.69) is 10.3 Å². The summed E-state index contributed by atoms with van der Waals surface area (Å²) >= 11 is 0. The molecule has 2 N–H and O–H groups in total. The topological polar surface area (TPSA) is 120 Å². The van der Waals surface area contributed by atoms with Crippen molar-refractivity contribution in [2.45, 2.75) is 66.4 Å². The smallest absolute Gasteiger partial charge is 0.351 e. The van der Waals surface area contributed by atoms with Crippen molar-refractivity contribution in [1.29, 1.82) is 0 Å². The van der Waals surface area contributed by atoms with Crippen molar-refractivity contribution in [1.82, 2.24) is 9.55 Å². The number of amides is 1. The van der Waals surface area contributed by atoms with Gasteiger partial charge >= 0.3 is 11.7 Å². The maximum atomic E-state index is 12.3. The van der Waals surface area contributed by atoms with Crippen LogP contribution in [0.1, 0.15) is 54.2 Å². The van der Waals surface area contributed by atoms with E-state index in [9.17, 15) is 19.5 Å². The Bertz CT molecular complexity index is 790. The van der Waals surface area contributed by atoms with Gasteiger partial charge in [-0.2, -0.15) is 4.98 Å². The van der Waals surface area contributed by atoms with Crippen molar-refractivity contribution in [3.8, 4) is 0 Å². The van der Waals surface area contributed by atoms with Gasteiger partial charge in [0.25, 0.3) is 0 Å². The van der Waals surface area contributed by atoms with E-state index in [0.29, 0.717) is 0 Å². The largest absolute Gasteiger partial charge is 0.462 e. The van der Waals surface area contributed by atoms with Crippen LogP contribution in [0.25, 0.3) is 0 Å². The van der Waals surface area contributed by atoms with Gasteiger partial charge in [0, 0.05) is 18.0 Å². The van der Waals surface area contributed by atoms with Gasteiger partial charge in [0.2, 0.25) is 5.91 Å². The van der Waals surface area contributed by atoms with Crippen molar-refractivity contribution in [2.24, 2.45) is 10.8 Å². The molecule has 9 nitrogen and oxygen atoms in total. The third-order valence-electron chi connectivity index (χ3n) is 4.26. The van der Waals surface area contributed by atoms with Crippen LogP contribution in [-0.2, 0) is 19.1 Å². The minimum atomic E-state index is -0.884. The first-order valence-electron chi connectivity index (χ1n) is 9.20. The number of aromatic nitrogens is 2. The number of esters is 1. The molecule has 0 saturated carbocycles. The maximum Gasteiger partial charge on any atom is 0.351 e. The third-order valence-corrected chi connectivity index (χ3v) is 4.26. The van der Waals surface area contributed by atoms with Crippen LogP contribution in [0.15, 0.2) is 17.1 Å². The number of ether oxygens (including phenoxy) is 2. The van der Waals surface area contributed by atoms with E-state index >= 15 is 0 Å². The molecule has 0 aromatic carbocycles. The molecule has 1 amide bonds. The summed E-state index contributed by atoms with van der Waals surface area (Å²) in [5.41, 5.74) is -1.89. The monoisotopic (exact) mass is 395 g/mol. The number of aliphatic hydroxyl groups excluding tert-OH is 1. The zero-order valence-electron chi connectivity index (χ0n) is 17.2. The normalized spacial score (nSPS) is 22.8. The second-order valence-electron chi connectivity index (χ2n) is 8.99. The van der Waals surface area contributed by atoms with Gasteiger partial charge in [0.15, 0.2) is 0 Å². The van der Waals surface area contributed by atoms with Gasteiger partial charge in [0.05, 0.1) is 11.5 Å². The molecule has 3 atom stereocenters. The fourth-order valence-electron chi connectivity index (χ4n) is 2.42. The lowest BCUT2D eigenvalue weighted by Gasteiger charge is -2.20. The maximum absolute atomic E-state index is 12.3. The van der Waals surface area contributed by atoms with E-state index in [1.807, 2.05) is 0 Å². The van der Waals surface area contributed by atoms with Crippen LogP contribution in [0.4, 0.5) is 5.82 Å². The van der Waals surface area contributed by atoms with Crippen LogP contribution < -0.4 is 11.0 Å². The number of aliphatic hydroxyl groups is 1. The first-order chi connectivity index (χ1) is 12.8. The molecule has 28 heavy (non-hydrogen) atoms. The number of rotatable bonds is 4. The van der Waals surface area contributed by atoms with Crippen molar-refractivity contribution < 1.29 is 24.2 Å². The number of carbonyl (C=O) groups excluding carboxylic acids is 2. The highest BCUT2D eigenvalue weighted by molar-refractivity contribution is 5.93. The van der Waals surface area contributed by atoms with Gasteiger partial charge in [-0.25, -0.2) is 4.79 Å². The van der Waals surface area contributed by atoms with Crippen LogP contribution in [0.2, 0.25) is 0 Å². The zero-order chi connectivity index (χ0) is 21.3. The SMILES string of the molecule is CC(C)(C)C(=O)Nc1ccn([C@@H]2C[C@@H](O)[C@H](COC(=O)C(C)(C)C)O2)c(=O)n1. The molecule has 1 aliphatic rings. The molecule has 0 unspecified atom stereocenters. The van der Waals surface area contributed by atoms with Gasteiger partial charge < -0.3 is 19.9 Å². The number of hydrogen-bond donors (Lipinski definition) is 2. The van der Waals surface area contributed by atoms with E-state index in [4.69, 9.17) is 9.47 Å². The summed E-state index contributed by atoms with van der Waals surface area (Å²) in [6.07, 6.45) is -0.740. The highest BCUT2D eigenvalue weighted by Gasteiger charge is 2.37. The molecule has 2 heterocycles. The highest BCUT2D eigenvalue weighted by atomic mass is 16.6. The summed E-state index contributed by atoms with van der Waals surface area (Å²) in [4.78, 5) is 40.1. The molecule has 1 aromatic heterocycles. The first-order valence-corrected chi connectivity index (χ1v) is 9.20. The summed E-state index contributed by atoms with van der Waals surface area (Å²) in [7, 11) is 0. The van der Waals surface area contributed by atoms with Crippen LogP contribution in [-0.4, -0.2) is 45.3 Å². The van der Waals surface area contributed by atoms with Gasteiger partial charge in [-0.15, -0.1) is 0 Å². The Hall–Kier alpha value is -2.26. The Kier molecular flexibility index (Phi) is 6.30. The summed E-state index contributed by atoms with van der Waals surface area (Å²) < 4.78 is 12.1. The molecule has 9 heteroatoms. The molecule has 1 aromatic rings. The fraction of sp³-hybridized carbons (Fsp3) is 0.684. The standard InChI is InChI=1S/C19H29N3O6/c1-18(2,3)15(24)20-13-7-8-22(17(26)21-13)14-9-11(23)12(28-14)10-27-16(25)19(4,5)6/h7-8,11-12,14,23H,9-10H2,1-6H3,(H,20,21,24,26)/t11-,12+,14+/m1/s1. The summed E-state index contributed by atoms with van der Waals surface area (Å²) in [6.45, 7) is 10.4. The molecule has 2 rings (SSSR count). The van der Waals surface area contributed by atoms with Crippen LogP contribution in [0, 0.1) is 10.8 Å². The second kappa shape index (κ2) is 8.00. The quantitative estimate of drug-likeness (QED) is 0.741. The number of nitrogens with one attached hydrogen (secondary N) is 1. The van der Waals surface area contributed by atoms with Crippen LogP contribution in [0.3, 0.4) is 0 Å². The fourth-order valence-corrected chi connectivity index (χ4v) is 2.42. The average Bonchev–Trinajstić information content (AvgIpc) is 2.91. The van der Waals surface area contributed by atoms with E-state index in [0.717, 1.165) is 0 Å². The average molecular weight is 395 g/mol. The van der Waals surface area contributed by atoms with Crippen LogP contribution in [0.5, 0.6) is 0 Å². The van der Waals surface area contributed by atoms with Gasteiger partial charge in [0.1, 0.15) is 24.8 Å². The lowest BCUT2D eigenvalue weighted by atomic mass is 9.96. The zero-order valence-corrected chi connectivity index (χ0v) is 17.2. The third kappa shape index (κ3) is 5.39. The summed E-state index contributed by atoms with van der Waals surface area (Å²) in [5.74, 6) is -0.509. The molecule has 1 fully saturated rings. The lowest BCUT2D eigenvalue weighted by molar-refractivity contribution is -0.159. The van der Waals surface area contributed by atoms with Crippen molar-refractivity contribution in [3.05, 3.63) is 22.7 Å². The Morgan fingerprint density at radius 3 is 2.46 bits per heavy atom. The predicted molar refractivity (Wildman–Crippen MR) is 102 cm³/mol. The summed E-state index contributed by atoms with van der Waals surface area (Å²) in [5, 5.41) is 12.8. The Balaban J connectivity index is 2.03. The van der Waals surface area contributed by atoms with Crippen molar-refractivity contribution >= 4 is 17.7 Å². The molecule has 0 aliphatic carbocycles. The number of anilines is 1. The van der Waals surface area contributed by atoms with Gasteiger partial charge in [-0.3, -0.25) is 14.2 Å². The minimum Gasteiger partial charge on any atom is -0.462 e. The second-order valence-corrected chi connectivity index (χ2v) is 8.99. The molecule has 0 spiro atoms. The molecule has 1 aliphatic heterocycles. The van der Waals surface area contributed by atoms with Crippen molar-refractivity contribution in [3.63, 3.8) is 0 Å². The Labute approximate surface area is 164 Å². The van der Waals surface area contributed by atoms with E-state index in [1.54, 1.807) is 41.5 Å². The number of nitrogens with zero attached hydrogens (tertiary/aromatic N) is 2. The van der Waals surface area contributed by atoms with E-state index < -0.39 is 40.9 Å². The molecule has 0 bridgehead atoms. The Morgan fingerprint density at radius 1 is 1.29 bits per heavy atom. The molecule has 156 valence electrons. The number of carbonyl (C=O) groups is 2. The lowest BCUT2D eigenvalue weighted by Crippen LogP contribution is -2.32. The number of hydrogen-bond acceptors (Lipinski definition) is 7. The predicted octanol–water partition coefficient (Wildman–Crippen LogP) is 1.47. The van der Waals surface area contributed by atoms with E-state index in [-0.39, 0.29) is 24.8 Å². The molecule has 0 radical (unpaired) electrons. The van der Waals surface area contributed by atoms with Crippen LogP contribution >= 0.6 is 0 Å². The summed E-state index contributed by atoms with van der Waals surface area (Å²) in [6, 6.07) is 1.49. The van der Waals surface area contributed by atoms with E-state index in [1.165, 1.54) is 16.8 Å².